The molecule has 0 radical (unpaired) electrons. The molecule has 1 rings (SSSR count). The highest BCUT2D eigenvalue weighted by molar-refractivity contribution is 5.94. The molecule has 1 aromatic rings. The van der Waals surface area contributed by atoms with Crippen molar-refractivity contribution in [2.24, 2.45) is 11.7 Å². The van der Waals surface area contributed by atoms with Crippen molar-refractivity contribution in [1.29, 1.82) is 0 Å². The van der Waals surface area contributed by atoms with Crippen molar-refractivity contribution in [2.75, 3.05) is 0 Å². The van der Waals surface area contributed by atoms with Gasteiger partial charge in [-0.3, -0.25) is 4.79 Å². The van der Waals surface area contributed by atoms with E-state index in [2.05, 4.69) is 20.8 Å². The van der Waals surface area contributed by atoms with Gasteiger partial charge in [-0.25, -0.2) is 0 Å². The molecular formula is C12H17NO. The van der Waals surface area contributed by atoms with Crippen LogP contribution in [0.15, 0.2) is 24.3 Å². The predicted molar refractivity (Wildman–Crippen MR) is 58.2 cm³/mol. The van der Waals surface area contributed by atoms with Crippen molar-refractivity contribution < 1.29 is 4.79 Å². The zero-order valence-electron chi connectivity index (χ0n) is 8.95. The Labute approximate surface area is 85.1 Å². The molecule has 1 unspecified atom stereocenters. The summed E-state index contributed by atoms with van der Waals surface area (Å²) in [5, 5.41) is 0. The Morgan fingerprint density at radius 1 is 1.21 bits per heavy atom. The molecule has 0 aliphatic rings. The number of benzene rings is 1. The average molecular weight is 191 g/mol. The third-order valence-corrected chi connectivity index (χ3v) is 2.72. The van der Waals surface area contributed by atoms with E-state index >= 15 is 0 Å². The van der Waals surface area contributed by atoms with Crippen molar-refractivity contribution in [3.8, 4) is 0 Å². The molecule has 0 aliphatic carbocycles. The molecule has 1 atom stereocenters. The van der Waals surface area contributed by atoms with Gasteiger partial charge in [-0.1, -0.05) is 39.0 Å². The van der Waals surface area contributed by atoms with Gasteiger partial charge in [0.2, 0.25) is 5.91 Å². The van der Waals surface area contributed by atoms with Gasteiger partial charge in [0.05, 0.1) is 0 Å². The first-order valence-electron chi connectivity index (χ1n) is 4.92. The van der Waals surface area contributed by atoms with E-state index < -0.39 is 0 Å². The van der Waals surface area contributed by atoms with Crippen molar-refractivity contribution in [2.45, 2.75) is 26.7 Å². The number of rotatable bonds is 3. The monoisotopic (exact) mass is 191 g/mol. The van der Waals surface area contributed by atoms with Crippen LogP contribution in [-0.4, -0.2) is 5.91 Å². The summed E-state index contributed by atoms with van der Waals surface area (Å²) >= 11 is 0. The van der Waals surface area contributed by atoms with Crippen LogP contribution in [0.3, 0.4) is 0 Å². The Hall–Kier alpha value is -1.31. The lowest BCUT2D eigenvalue weighted by Crippen LogP contribution is -2.16. The van der Waals surface area contributed by atoms with Crippen LogP contribution < -0.4 is 5.73 Å². The lowest BCUT2D eigenvalue weighted by molar-refractivity contribution is 0.0999. The molecule has 0 saturated heterocycles. The maximum Gasteiger partial charge on any atom is 0.248 e. The molecule has 1 amide bonds. The second-order valence-electron chi connectivity index (χ2n) is 3.98. The summed E-state index contributed by atoms with van der Waals surface area (Å²) in [5.74, 6) is 0.530. The molecule has 2 heteroatoms. The van der Waals surface area contributed by atoms with E-state index in [1.165, 1.54) is 0 Å². The fraction of sp³-hybridized carbons (Fsp3) is 0.417. The molecule has 14 heavy (non-hydrogen) atoms. The van der Waals surface area contributed by atoms with E-state index in [0.717, 1.165) is 5.56 Å². The second-order valence-corrected chi connectivity index (χ2v) is 3.98. The summed E-state index contributed by atoms with van der Waals surface area (Å²) in [6.07, 6.45) is 0. The predicted octanol–water partition coefficient (Wildman–Crippen LogP) is 2.54. The maximum atomic E-state index is 11.2. The number of carbonyl (C=O) groups is 1. The first-order valence-corrected chi connectivity index (χ1v) is 4.92. The highest BCUT2D eigenvalue weighted by Crippen LogP contribution is 2.26. The van der Waals surface area contributed by atoms with Gasteiger partial charge < -0.3 is 5.73 Å². The number of carbonyl (C=O) groups excluding carboxylic acids is 1. The molecule has 2 nitrogen and oxygen atoms in total. The van der Waals surface area contributed by atoms with Crippen LogP contribution in [0, 0.1) is 5.92 Å². The van der Waals surface area contributed by atoms with Gasteiger partial charge in [-0.15, -0.1) is 0 Å². The van der Waals surface area contributed by atoms with Gasteiger partial charge in [0.25, 0.3) is 0 Å². The van der Waals surface area contributed by atoms with E-state index in [9.17, 15) is 4.79 Å². The van der Waals surface area contributed by atoms with Crippen molar-refractivity contribution >= 4 is 5.91 Å². The van der Waals surface area contributed by atoms with Crippen LogP contribution >= 0.6 is 0 Å². The van der Waals surface area contributed by atoms with Crippen LogP contribution in [0.5, 0.6) is 0 Å². The fourth-order valence-corrected chi connectivity index (χ4v) is 1.48. The number of amides is 1. The Morgan fingerprint density at radius 3 is 2.29 bits per heavy atom. The first kappa shape index (κ1) is 10.8. The highest BCUT2D eigenvalue weighted by Gasteiger charge is 2.15. The van der Waals surface area contributed by atoms with Gasteiger partial charge in [0.15, 0.2) is 0 Å². The molecule has 0 saturated carbocycles. The number of hydrogen-bond acceptors (Lipinski definition) is 1. The van der Waals surface area contributed by atoms with Crippen LogP contribution in [0.4, 0.5) is 0 Å². The molecule has 0 aromatic heterocycles. The van der Waals surface area contributed by atoms with E-state index in [0.29, 0.717) is 17.4 Å². The number of primary amides is 1. The minimum absolute atomic E-state index is 0.340. The molecule has 0 spiro atoms. The summed E-state index contributed by atoms with van der Waals surface area (Å²) in [6.45, 7) is 6.40. The highest BCUT2D eigenvalue weighted by atomic mass is 16.1. The summed E-state index contributed by atoms with van der Waals surface area (Å²) in [7, 11) is 0. The van der Waals surface area contributed by atoms with Gasteiger partial charge in [-0.2, -0.15) is 0 Å². The van der Waals surface area contributed by atoms with E-state index in [1.807, 2.05) is 18.2 Å². The zero-order valence-corrected chi connectivity index (χ0v) is 8.95. The smallest absolute Gasteiger partial charge is 0.248 e. The van der Waals surface area contributed by atoms with Crippen LogP contribution in [0.25, 0.3) is 0 Å². The standard InChI is InChI=1S/C12H17NO/c1-8(2)9(3)10-6-4-5-7-11(10)12(13)14/h4-9H,1-3H3,(H2,13,14). The van der Waals surface area contributed by atoms with E-state index in [4.69, 9.17) is 5.73 Å². The SMILES string of the molecule is CC(C)C(C)c1ccccc1C(N)=O. The summed E-state index contributed by atoms with van der Waals surface area (Å²) in [4.78, 5) is 11.2. The Kier molecular flexibility index (Phi) is 3.28. The van der Waals surface area contributed by atoms with E-state index in [1.54, 1.807) is 6.07 Å². The number of nitrogens with two attached hydrogens (primary N) is 1. The zero-order chi connectivity index (χ0) is 10.7. The lowest BCUT2D eigenvalue weighted by Gasteiger charge is -2.18. The Morgan fingerprint density at radius 2 is 1.79 bits per heavy atom. The van der Waals surface area contributed by atoms with Crippen molar-refractivity contribution in [3.05, 3.63) is 35.4 Å². The summed E-state index contributed by atoms with van der Waals surface area (Å²) < 4.78 is 0. The third kappa shape index (κ3) is 2.13. The first-order chi connectivity index (χ1) is 6.54. The fourth-order valence-electron chi connectivity index (χ4n) is 1.48. The molecule has 0 fully saturated rings. The largest absolute Gasteiger partial charge is 0.366 e. The summed E-state index contributed by atoms with van der Waals surface area (Å²) in [6, 6.07) is 7.55. The minimum atomic E-state index is -0.340. The van der Waals surface area contributed by atoms with Gasteiger partial charge >= 0.3 is 0 Å². The quantitative estimate of drug-likeness (QED) is 0.783. The molecule has 0 bridgehead atoms. The number of hydrogen-bond donors (Lipinski definition) is 1. The summed E-state index contributed by atoms with van der Waals surface area (Å²) in [5.41, 5.74) is 7.01. The maximum absolute atomic E-state index is 11.2. The lowest BCUT2D eigenvalue weighted by atomic mass is 9.87. The van der Waals surface area contributed by atoms with Crippen LogP contribution in [-0.2, 0) is 0 Å². The topological polar surface area (TPSA) is 43.1 Å². The second kappa shape index (κ2) is 4.27. The normalized spacial score (nSPS) is 12.9. The van der Waals surface area contributed by atoms with Gasteiger partial charge in [0.1, 0.15) is 0 Å². The van der Waals surface area contributed by atoms with Crippen molar-refractivity contribution in [1.82, 2.24) is 0 Å². The minimum Gasteiger partial charge on any atom is -0.366 e. The molecule has 2 N–H and O–H groups in total. The third-order valence-electron chi connectivity index (χ3n) is 2.72. The molecule has 1 aromatic carbocycles. The van der Waals surface area contributed by atoms with Crippen molar-refractivity contribution in [3.63, 3.8) is 0 Å². The molecule has 0 heterocycles. The van der Waals surface area contributed by atoms with Crippen LogP contribution in [0.1, 0.15) is 42.6 Å². The average Bonchev–Trinajstić information content (AvgIpc) is 2.16. The Balaban J connectivity index is 3.13. The Bertz CT molecular complexity index is 331. The van der Waals surface area contributed by atoms with E-state index in [-0.39, 0.29) is 5.91 Å². The molecular weight excluding hydrogens is 174 g/mol. The van der Waals surface area contributed by atoms with Gasteiger partial charge in [-0.05, 0) is 23.5 Å². The van der Waals surface area contributed by atoms with Crippen LogP contribution in [0.2, 0.25) is 0 Å². The van der Waals surface area contributed by atoms with Gasteiger partial charge in [0, 0.05) is 5.56 Å². The molecule has 76 valence electrons. The molecule has 0 aliphatic heterocycles.